The van der Waals surface area contributed by atoms with Gasteiger partial charge in [0.2, 0.25) is 0 Å². The number of nitrogens with one attached hydrogen (secondary N) is 1. The van der Waals surface area contributed by atoms with Crippen molar-refractivity contribution in [3.63, 3.8) is 0 Å². The number of nitrogens with zero attached hydrogens (tertiary/aromatic N) is 1. The highest BCUT2D eigenvalue weighted by molar-refractivity contribution is 5.95. The van der Waals surface area contributed by atoms with Gasteiger partial charge in [-0.1, -0.05) is 18.2 Å². The van der Waals surface area contributed by atoms with Gasteiger partial charge in [0, 0.05) is 5.56 Å². The van der Waals surface area contributed by atoms with Crippen LogP contribution in [0.25, 0.3) is 0 Å². The molecule has 0 saturated heterocycles. The van der Waals surface area contributed by atoms with Crippen molar-refractivity contribution in [2.45, 2.75) is 6.92 Å². The highest BCUT2D eigenvalue weighted by atomic mass is 19.1. The molecule has 0 aliphatic carbocycles. The van der Waals surface area contributed by atoms with Crippen LogP contribution in [0.2, 0.25) is 0 Å². The SMILES string of the molecule is CCOc1cc(/C=N/NC(=O)c2ccc(F)cc2)ccc1OC(=O)c1ccccc1. The Bertz CT molecular complexity index is 1050. The molecule has 0 saturated carbocycles. The number of benzene rings is 3. The average molecular weight is 406 g/mol. The first-order valence-corrected chi connectivity index (χ1v) is 9.20. The van der Waals surface area contributed by atoms with Crippen molar-refractivity contribution in [1.82, 2.24) is 5.43 Å². The summed E-state index contributed by atoms with van der Waals surface area (Å²) in [7, 11) is 0. The van der Waals surface area contributed by atoms with Gasteiger partial charge in [-0.15, -0.1) is 0 Å². The lowest BCUT2D eigenvalue weighted by Crippen LogP contribution is -2.17. The van der Waals surface area contributed by atoms with Gasteiger partial charge in [0.05, 0.1) is 18.4 Å². The number of rotatable bonds is 7. The number of hydrogen-bond donors (Lipinski definition) is 1. The molecule has 1 amide bonds. The van der Waals surface area contributed by atoms with Crippen LogP contribution in [-0.2, 0) is 0 Å². The van der Waals surface area contributed by atoms with E-state index in [0.29, 0.717) is 23.5 Å². The van der Waals surface area contributed by atoms with Crippen LogP contribution in [0.1, 0.15) is 33.2 Å². The molecule has 3 aromatic carbocycles. The van der Waals surface area contributed by atoms with Crippen molar-refractivity contribution in [2.24, 2.45) is 5.10 Å². The topological polar surface area (TPSA) is 77.0 Å². The number of amides is 1. The molecule has 152 valence electrons. The Morgan fingerprint density at radius 2 is 1.70 bits per heavy atom. The van der Waals surface area contributed by atoms with E-state index in [9.17, 15) is 14.0 Å². The lowest BCUT2D eigenvalue weighted by atomic mass is 10.2. The van der Waals surface area contributed by atoms with Gasteiger partial charge in [-0.3, -0.25) is 4.79 Å². The van der Waals surface area contributed by atoms with E-state index < -0.39 is 17.7 Å². The summed E-state index contributed by atoms with van der Waals surface area (Å²) < 4.78 is 23.9. The fourth-order valence-corrected chi connectivity index (χ4v) is 2.52. The summed E-state index contributed by atoms with van der Waals surface area (Å²) in [6.45, 7) is 2.18. The van der Waals surface area contributed by atoms with E-state index in [4.69, 9.17) is 9.47 Å². The van der Waals surface area contributed by atoms with Gasteiger partial charge < -0.3 is 9.47 Å². The first-order valence-electron chi connectivity index (χ1n) is 9.20. The maximum atomic E-state index is 12.9. The Kier molecular flexibility index (Phi) is 6.89. The molecule has 0 aromatic heterocycles. The van der Waals surface area contributed by atoms with Gasteiger partial charge in [-0.05, 0) is 67.1 Å². The summed E-state index contributed by atoms with van der Waals surface area (Å²) in [6, 6.07) is 18.7. The molecule has 3 rings (SSSR count). The third-order valence-corrected chi connectivity index (χ3v) is 3.97. The molecule has 0 aliphatic rings. The van der Waals surface area contributed by atoms with Gasteiger partial charge in [0.1, 0.15) is 5.82 Å². The minimum absolute atomic E-state index is 0.276. The van der Waals surface area contributed by atoms with E-state index in [1.807, 2.05) is 13.0 Å². The molecule has 0 radical (unpaired) electrons. The number of hydrazone groups is 1. The summed E-state index contributed by atoms with van der Waals surface area (Å²) in [6.07, 6.45) is 1.42. The smallest absolute Gasteiger partial charge is 0.343 e. The third-order valence-electron chi connectivity index (χ3n) is 3.97. The Morgan fingerprint density at radius 3 is 2.40 bits per heavy atom. The number of esters is 1. The minimum atomic E-state index is -0.496. The summed E-state index contributed by atoms with van der Waals surface area (Å²) in [5, 5.41) is 3.90. The fraction of sp³-hybridized carbons (Fsp3) is 0.0870. The highest BCUT2D eigenvalue weighted by Crippen LogP contribution is 2.29. The monoisotopic (exact) mass is 406 g/mol. The second-order valence-corrected chi connectivity index (χ2v) is 6.10. The molecule has 6 nitrogen and oxygen atoms in total. The van der Waals surface area contributed by atoms with Crippen LogP contribution >= 0.6 is 0 Å². The van der Waals surface area contributed by atoms with Crippen LogP contribution in [-0.4, -0.2) is 24.7 Å². The van der Waals surface area contributed by atoms with E-state index in [0.717, 1.165) is 0 Å². The molecule has 30 heavy (non-hydrogen) atoms. The lowest BCUT2D eigenvalue weighted by molar-refractivity contribution is 0.0728. The average Bonchev–Trinajstić information content (AvgIpc) is 2.76. The predicted octanol–water partition coefficient (Wildman–Crippen LogP) is 4.21. The molecular formula is C23H19FN2O4. The largest absolute Gasteiger partial charge is 0.490 e. The summed E-state index contributed by atoms with van der Waals surface area (Å²) >= 11 is 0. The minimum Gasteiger partial charge on any atom is -0.490 e. The van der Waals surface area contributed by atoms with Gasteiger partial charge in [-0.2, -0.15) is 5.10 Å². The van der Waals surface area contributed by atoms with Crippen LogP contribution in [0.3, 0.4) is 0 Å². The van der Waals surface area contributed by atoms with Crippen molar-refractivity contribution in [1.29, 1.82) is 0 Å². The molecule has 0 aliphatic heterocycles. The highest BCUT2D eigenvalue weighted by Gasteiger charge is 2.13. The van der Waals surface area contributed by atoms with E-state index in [1.54, 1.807) is 42.5 Å². The maximum absolute atomic E-state index is 12.9. The second kappa shape index (κ2) is 9.97. The molecule has 7 heteroatoms. The first kappa shape index (κ1) is 20.7. The summed E-state index contributed by atoms with van der Waals surface area (Å²) in [4.78, 5) is 24.3. The fourth-order valence-electron chi connectivity index (χ4n) is 2.52. The van der Waals surface area contributed by atoms with Gasteiger partial charge >= 0.3 is 5.97 Å². The van der Waals surface area contributed by atoms with Crippen LogP contribution in [0.4, 0.5) is 4.39 Å². The molecule has 1 N–H and O–H groups in total. The standard InChI is InChI=1S/C23H19FN2O4/c1-2-29-21-14-16(15-25-26-22(27)17-9-11-19(24)12-10-17)8-13-20(21)30-23(28)18-6-4-3-5-7-18/h3-15H,2H2,1H3,(H,26,27)/b25-15+. The van der Waals surface area contributed by atoms with Crippen molar-refractivity contribution in [3.8, 4) is 11.5 Å². The zero-order valence-corrected chi connectivity index (χ0v) is 16.2. The van der Waals surface area contributed by atoms with E-state index in [2.05, 4.69) is 10.5 Å². The first-order chi connectivity index (χ1) is 14.6. The quantitative estimate of drug-likeness (QED) is 0.276. The molecule has 0 fully saturated rings. The molecular weight excluding hydrogens is 387 g/mol. The predicted molar refractivity (Wildman–Crippen MR) is 110 cm³/mol. The van der Waals surface area contributed by atoms with Crippen molar-refractivity contribution in [3.05, 3.63) is 95.3 Å². The summed E-state index contributed by atoms with van der Waals surface area (Å²) in [5.74, 6) is -0.741. The van der Waals surface area contributed by atoms with Crippen molar-refractivity contribution in [2.75, 3.05) is 6.61 Å². The molecule has 0 bridgehead atoms. The Morgan fingerprint density at radius 1 is 0.967 bits per heavy atom. The number of ether oxygens (including phenoxy) is 2. The third kappa shape index (κ3) is 5.51. The zero-order valence-electron chi connectivity index (χ0n) is 16.2. The Balaban J connectivity index is 1.69. The lowest BCUT2D eigenvalue weighted by Gasteiger charge is -2.11. The van der Waals surface area contributed by atoms with Crippen LogP contribution in [0.15, 0.2) is 77.9 Å². The molecule has 0 atom stereocenters. The normalized spacial score (nSPS) is 10.6. The number of hydrogen-bond acceptors (Lipinski definition) is 5. The van der Waals surface area contributed by atoms with Crippen molar-refractivity contribution >= 4 is 18.1 Å². The van der Waals surface area contributed by atoms with E-state index in [1.165, 1.54) is 30.5 Å². The summed E-state index contributed by atoms with van der Waals surface area (Å²) in [5.41, 5.74) is 3.70. The maximum Gasteiger partial charge on any atom is 0.343 e. The molecule has 0 spiro atoms. The van der Waals surface area contributed by atoms with E-state index in [-0.39, 0.29) is 11.3 Å². The van der Waals surface area contributed by atoms with Crippen LogP contribution in [0, 0.1) is 5.82 Å². The van der Waals surface area contributed by atoms with Crippen LogP contribution < -0.4 is 14.9 Å². The number of carbonyl (C=O) groups excluding carboxylic acids is 2. The van der Waals surface area contributed by atoms with Gasteiger partial charge in [0.15, 0.2) is 11.5 Å². The zero-order chi connectivity index (χ0) is 21.3. The number of halogens is 1. The number of carbonyl (C=O) groups is 2. The molecule has 0 unspecified atom stereocenters. The Labute approximate surface area is 173 Å². The second-order valence-electron chi connectivity index (χ2n) is 6.10. The Hall–Kier alpha value is -4.00. The van der Waals surface area contributed by atoms with E-state index >= 15 is 0 Å². The van der Waals surface area contributed by atoms with Crippen molar-refractivity contribution < 1.29 is 23.5 Å². The van der Waals surface area contributed by atoms with Gasteiger partial charge in [-0.25, -0.2) is 14.6 Å². The molecule has 3 aromatic rings. The molecule has 0 heterocycles. The van der Waals surface area contributed by atoms with Crippen LogP contribution in [0.5, 0.6) is 11.5 Å². The van der Waals surface area contributed by atoms with Gasteiger partial charge in [0.25, 0.3) is 5.91 Å².